The predicted molar refractivity (Wildman–Crippen MR) is 181 cm³/mol. The SMILES string of the molecule is CC(C)[C@H](NC(=O)[C@H](C)NC(=O)C(Cc1ccc(-c2ccccc2)cc1)NC(=O)c1ccccc1)C(=O)C(=O)NCc1ccccc1. The third-order valence-electron chi connectivity index (χ3n) is 7.68. The van der Waals surface area contributed by atoms with E-state index < -0.39 is 53.5 Å². The minimum absolute atomic E-state index is 0.168. The fourth-order valence-corrected chi connectivity index (χ4v) is 4.94. The van der Waals surface area contributed by atoms with E-state index >= 15 is 0 Å². The molecule has 9 nitrogen and oxygen atoms in total. The first-order chi connectivity index (χ1) is 22.6. The molecular formula is C38H40N4O5. The second kappa shape index (κ2) is 16.7. The quantitative estimate of drug-likeness (QED) is 0.155. The zero-order valence-corrected chi connectivity index (χ0v) is 26.7. The summed E-state index contributed by atoms with van der Waals surface area (Å²) in [5.41, 5.74) is 4.09. The molecule has 0 aromatic heterocycles. The Morgan fingerprint density at radius 1 is 0.574 bits per heavy atom. The highest BCUT2D eigenvalue weighted by Crippen LogP contribution is 2.20. The largest absolute Gasteiger partial charge is 0.345 e. The standard InChI is InChI=1S/C38H40N4O5/c1-25(2)33(34(43)38(47)39-24-28-13-7-4-8-14-28)42-35(44)26(3)40-37(46)32(41-36(45)31-17-11-6-12-18-31)23-27-19-21-30(22-20-27)29-15-9-5-10-16-29/h4-22,25-26,32-33H,23-24H2,1-3H3,(H,39,47)(H,40,46)(H,41,45)(H,42,44)/t26-,32?,33-/m0/s1. The van der Waals surface area contributed by atoms with Gasteiger partial charge in [0.1, 0.15) is 12.1 Å². The molecule has 0 bridgehead atoms. The Kier molecular flexibility index (Phi) is 12.2. The highest BCUT2D eigenvalue weighted by atomic mass is 16.2. The van der Waals surface area contributed by atoms with Gasteiger partial charge in [-0.2, -0.15) is 0 Å². The number of nitrogens with one attached hydrogen (secondary N) is 4. The normalized spacial score (nSPS) is 12.7. The van der Waals surface area contributed by atoms with Crippen LogP contribution >= 0.6 is 0 Å². The number of Topliss-reactive ketones (excluding diaryl/α,β-unsaturated/α-hetero) is 1. The zero-order chi connectivity index (χ0) is 33.8. The lowest BCUT2D eigenvalue weighted by Crippen LogP contribution is -2.57. The Bertz CT molecular complexity index is 1660. The molecule has 4 N–H and O–H groups in total. The van der Waals surface area contributed by atoms with Crippen molar-refractivity contribution in [2.75, 3.05) is 0 Å². The van der Waals surface area contributed by atoms with E-state index in [1.807, 2.05) is 84.9 Å². The second-order valence-electron chi connectivity index (χ2n) is 11.7. The maximum atomic E-state index is 13.6. The van der Waals surface area contributed by atoms with Gasteiger partial charge in [-0.25, -0.2) is 0 Å². The Labute approximate surface area is 275 Å². The average molecular weight is 633 g/mol. The van der Waals surface area contributed by atoms with Gasteiger partial charge in [0.15, 0.2) is 0 Å². The molecule has 0 saturated heterocycles. The Hall–Kier alpha value is -5.57. The topological polar surface area (TPSA) is 133 Å². The Balaban J connectivity index is 1.42. The summed E-state index contributed by atoms with van der Waals surface area (Å²) < 4.78 is 0. The van der Waals surface area contributed by atoms with Gasteiger partial charge in [-0.05, 0) is 47.2 Å². The number of hydrogen-bond donors (Lipinski definition) is 4. The summed E-state index contributed by atoms with van der Waals surface area (Å²) in [7, 11) is 0. The van der Waals surface area contributed by atoms with Crippen molar-refractivity contribution in [2.45, 2.75) is 51.9 Å². The maximum absolute atomic E-state index is 13.6. The number of benzene rings is 4. The van der Waals surface area contributed by atoms with Gasteiger partial charge < -0.3 is 21.3 Å². The molecule has 0 fully saturated rings. The van der Waals surface area contributed by atoms with Crippen LogP contribution in [0.5, 0.6) is 0 Å². The number of hydrogen-bond acceptors (Lipinski definition) is 5. The third kappa shape index (κ3) is 9.96. The van der Waals surface area contributed by atoms with Crippen LogP contribution in [0.25, 0.3) is 11.1 Å². The fraction of sp³-hybridized carbons (Fsp3) is 0.237. The lowest BCUT2D eigenvalue weighted by atomic mass is 9.98. The number of amides is 4. The molecule has 242 valence electrons. The molecule has 3 atom stereocenters. The van der Waals surface area contributed by atoms with Gasteiger partial charge in [-0.3, -0.25) is 24.0 Å². The molecule has 4 amide bonds. The van der Waals surface area contributed by atoms with Gasteiger partial charge in [0.05, 0.1) is 6.04 Å². The van der Waals surface area contributed by atoms with Crippen LogP contribution in [0.15, 0.2) is 115 Å². The smallest absolute Gasteiger partial charge is 0.289 e. The molecule has 1 unspecified atom stereocenters. The molecule has 4 aromatic carbocycles. The third-order valence-corrected chi connectivity index (χ3v) is 7.68. The van der Waals surface area contributed by atoms with Crippen molar-refractivity contribution in [3.63, 3.8) is 0 Å². The van der Waals surface area contributed by atoms with Crippen LogP contribution in [-0.2, 0) is 32.1 Å². The van der Waals surface area contributed by atoms with E-state index in [9.17, 15) is 24.0 Å². The lowest BCUT2D eigenvalue weighted by Gasteiger charge is -2.25. The molecule has 0 radical (unpaired) electrons. The highest BCUT2D eigenvalue weighted by Gasteiger charge is 2.32. The van der Waals surface area contributed by atoms with E-state index in [-0.39, 0.29) is 13.0 Å². The van der Waals surface area contributed by atoms with Crippen LogP contribution in [0.1, 0.15) is 42.3 Å². The van der Waals surface area contributed by atoms with Crippen LogP contribution in [-0.4, -0.2) is 47.5 Å². The van der Waals surface area contributed by atoms with Crippen molar-refractivity contribution in [1.82, 2.24) is 21.3 Å². The van der Waals surface area contributed by atoms with Crippen molar-refractivity contribution < 1.29 is 24.0 Å². The maximum Gasteiger partial charge on any atom is 0.289 e. The summed E-state index contributed by atoms with van der Waals surface area (Å²) in [4.78, 5) is 65.5. The molecule has 0 spiro atoms. The fourth-order valence-electron chi connectivity index (χ4n) is 4.94. The molecule has 0 aliphatic carbocycles. The molecule has 47 heavy (non-hydrogen) atoms. The van der Waals surface area contributed by atoms with Gasteiger partial charge in [0, 0.05) is 18.5 Å². The number of ketones is 1. The van der Waals surface area contributed by atoms with Gasteiger partial charge >= 0.3 is 0 Å². The van der Waals surface area contributed by atoms with Gasteiger partial charge in [-0.1, -0.05) is 117 Å². The summed E-state index contributed by atoms with van der Waals surface area (Å²) >= 11 is 0. The Morgan fingerprint density at radius 2 is 1.13 bits per heavy atom. The van der Waals surface area contributed by atoms with E-state index in [0.717, 1.165) is 22.3 Å². The average Bonchev–Trinajstić information content (AvgIpc) is 3.10. The molecule has 0 saturated carbocycles. The summed E-state index contributed by atoms with van der Waals surface area (Å²) in [6.07, 6.45) is 0.169. The minimum Gasteiger partial charge on any atom is -0.345 e. The minimum atomic E-state index is -1.10. The number of carbonyl (C=O) groups is 5. The molecular weight excluding hydrogens is 592 g/mol. The van der Waals surface area contributed by atoms with E-state index in [4.69, 9.17) is 0 Å². The number of rotatable bonds is 14. The second-order valence-corrected chi connectivity index (χ2v) is 11.7. The van der Waals surface area contributed by atoms with E-state index in [1.54, 1.807) is 44.2 Å². The van der Waals surface area contributed by atoms with Crippen molar-refractivity contribution in [2.24, 2.45) is 5.92 Å². The summed E-state index contributed by atoms with van der Waals surface area (Å²) in [6.45, 7) is 5.08. The first-order valence-corrected chi connectivity index (χ1v) is 15.6. The van der Waals surface area contributed by atoms with Gasteiger partial charge in [0.25, 0.3) is 11.8 Å². The highest BCUT2D eigenvalue weighted by molar-refractivity contribution is 6.38. The van der Waals surface area contributed by atoms with Gasteiger partial charge in [-0.15, -0.1) is 0 Å². The zero-order valence-electron chi connectivity index (χ0n) is 26.7. The van der Waals surface area contributed by atoms with Gasteiger partial charge in [0.2, 0.25) is 17.6 Å². The molecule has 9 heteroatoms. The summed E-state index contributed by atoms with van der Waals surface area (Å²) in [5, 5.41) is 10.7. The molecule has 4 rings (SSSR count). The molecule has 0 aliphatic rings. The Morgan fingerprint density at radius 3 is 1.72 bits per heavy atom. The van der Waals surface area contributed by atoms with E-state index in [2.05, 4.69) is 21.3 Å². The summed E-state index contributed by atoms with van der Waals surface area (Å²) in [6, 6.07) is 32.1. The van der Waals surface area contributed by atoms with Crippen LogP contribution in [0.2, 0.25) is 0 Å². The van der Waals surface area contributed by atoms with Crippen molar-refractivity contribution in [3.05, 3.63) is 132 Å². The van der Waals surface area contributed by atoms with Crippen molar-refractivity contribution in [1.29, 1.82) is 0 Å². The molecule has 0 heterocycles. The number of carbonyl (C=O) groups excluding carboxylic acids is 5. The predicted octanol–water partition coefficient (Wildman–Crippen LogP) is 4.23. The van der Waals surface area contributed by atoms with Crippen LogP contribution in [0.3, 0.4) is 0 Å². The van der Waals surface area contributed by atoms with Crippen LogP contribution in [0.4, 0.5) is 0 Å². The summed E-state index contributed by atoms with van der Waals surface area (Å²) in [5.74, 6) is -3.63. The van der Waals surface area contributed by atoms with E-state index in [1.165, 1.54) is 6.92 Å². The molecule has 4 aromatic rings. The van der Waals surface area contributed by atoms with E-state index in [0.29, 0.717) is 5.56 Å². The van der Waals surface area contributed by atoms with Crippen molar-refractivity contribution in [3.8, 4) is 11.1 Å². The monoisotopic (exact) mass is 632 g/mol. The van der Waals surface area contributed by atoms with Crippen molar-refractivity contribution >= 4 is 29.4 Å². The first-order valence-electron chi connectivity index (χ1n) is 15.6. The molecule has 0 aliphatic heterocycles. The van der Waals surface area contributed by atoms with Crippen LogP contribution < -0.4 is 21.3 Å². The lowest BCUT2D eigenvalue weighted by molar-refractivity contribution is -0.141. The van der Waals surface area contributed by atoms with Crippen LogP contribution in [0, 0.1) is 5.92 Å². The first kappa shape index (κ1) is 34.3.